The van der Waals surface area contributed by atoms with Gasteiger partial charge in [-0.3, -0.25) is 4.79 Å². The fourth-order valence-corrected chi connectivity index (χ4v) is 4.05. The van der Waals surface area contributed by atoms with Crippen LogP contribution in [0.5, 0.6) is 11.5 Å². The van der Waals surface area contributed by atoms with E-state index in [0.29, 0.717) is 21.4 Å². The molecule has 1 aromatic rings. The summed E-state index contributed by atoms with van der Waals surface area (Å²) in [7, 11) is 3.09. The average molecular weight is 367 g/mol. The maximum atomic E-state index is 12.2. The first kappa shape index (κ1) is 17.2. The van der Waals surface area contributed by atoms with Gasteiger partial charge in [0.1, 0.15) is 0 Å². The normalized spacial score (nSPS) is 19.6. The van der Waals surface area contributed by atoms with Crippen molar-refractivity contribution in [3.63, 3.8) is 0 Å². The van der Waals surface area contributed by atoms with E-state index in [9.17, 15) is 4.79 Å². The molecule has 1 aromatic carbocycles. The summed E-state index contributed by atoms with van der Waals surface area (Å²) >= 11 is 7.64. The first-order valence-electron chi connectivity index (χ1n) is 7.81. The van der Waals surface area contributed by atoms with Gasteiger partial charge in [0, 0.05) is 13.1 Å². The van der Waals surface area contributed by atoms with Gasteiger partial charge < -0.3 is 14.4 Å². The van der Waals surface area contributed by atoms with Gasteiger partial charge in [-0.05, 0) is 54.8 Å². The number of halogens is 1. The number of nitrogens with zero attached hydrogens (tertiary/aromatic N) is 2. The minimum absolute atomic E-state index is 0.202. The molecular weight excluding hydrogens is 348 g/mol. The summed E-state index contributed by atoms with van der Waals surface area (Å²) in [4.78, 5) is 19.2. The molecule has 2 aliphatic heterocycles. The lowest BCUT2D eigenvalue weighted by Crippen LogP contribution is -2.33. The molecule has 1 saturated heterocycles. The van der Waals surface area contributed by atoms with Crippen LogP contribution in [0.2, 0.25) is 5.02 Å². The van der Waals surface area contributed by atoms with Crippen LogP contribution in [0.1, 0.15) is 24.8 Å². The van der Waals surface area contributed by atoms with Crippen molar-refractivity contribution in [1.29, 1.82) is 0 Å². The van der Waals surface area contributed by atoms with Crippen molar-refractivity contribution in [2.45, 2.75) is 19.3 Å². The minimum Gasteiger partial charge on any atom is -0.493 e. The maximum absolute atomic E-state index is 12.2. The highest BCUT2D eigenvalue weighted by Gasteiger charge is 2.27. The van der Waals surface area contributed by atoms with Crippen LogP contribution in [0.4, 0.5) is 0 Å². The first-order valence-corrected chi connectivity index (χ1v) is 9.01. The molecule has 0 atom stereocenters. The van der Waals surface area contributed by atoms with Crippen molar-refractivity contribution in [1.82, 2.24) is 4.90 Å². The lowest BCUT2D eigenvalue weighted by atomic mass is 10.1. The maximum Gasteiger partial charge on any atom is 0.286 e. The highest BCUT2D eigenvalue weighted by Crippen LogP contribution is 2.38. The Morgan fingerprint density at radius 3 is 2.62 bits per heavy atom. The Morgan fingerprint density at radius 1 is 1.21 bits per heavy atom. The molecule has 0 N–H and O–H groups in total. The second-order valence-corrected chi connectivity index (χ2v) is 7.01. The lowest BCUT2D eigenvalue weighted by molar-refractivity contribution is -0.113. The zero-order valence-corrected chi connectivity index (χ0v) is 15.2. The van der Waals surface area contributed by atoms with Crippen LogP contribution in [-0.2, 0) is 4.79 Å². The smallest absolute Gasteiger partial charge is 0.286 e. The van der Waals surface area contributed by atoms with Gasteiger partial charge in [0.15, 0.2) is 16.7 Å². The van der Waals surface area contributed by atoms with Gasteiger partial charge in [-0.2, -0.15) is 4.99 Å². The van der Waals surface area contributed by atoms with Gasteiger partial charge in [-0.25, -0.2) is 0 Å². The highest BCUT2D eigenvalue weighted by atomic mass is 35.5. The average Bonchev–Trinajstić information content (AvgIpc) is 2.96. The molecule has 2 heterocycles. The Kier molecular flexibility index (Phi) is 5.36. The van der Waals surface area contributed by atoms with Crippen LogP contribution in [0.3, 0.4) is 0 Å². The second kappa shape index (κ2) is 7.49. The molecule has 1 amide bonds. The summed E-state index contributed by atoms with van der Waals surface area (Å²) in [6.07, 6.45) is 5.34. The number of piperidine rings is 1. The van der Waals surface area contributed by atoms with Crippen LogP contribution >= 0.6 is 23.4 Å². The Labute approximate surface area is 150 Å². The number of ether oxygens (including phenoxy) is 2. The number of hydrogen-bond donors (Lipinski definition) is 0. The topological polar surface area (TPSA) is 51.1 Å². The fourth-order valence-electron chi connectivity index (χ4n) is 2.79. The van der Waals surface area contributed by atoms with Gasteiger partial charge in [0.25, 0.3) is 5.91 Å². The fraction of sp³-hybridized carbons (Fsp3) is 0.412. The van der Waals surface area contributed by atoms with Crippen molar-refractivity contribution in [2.24, 2.45) is 4.99 Å². The number of methoxy groups -OCH3 is 2. The van der Waals surface area contributed by atoms with E-state index in [1.54, 1.807) is 25.3 Å². The van der Waals surface area contributed by atoms with Gasteiger partial charge in [0.2, 0.25) is 0 Å². The third-order valence-corrected chi connectivity index (χ3v) is 5.31. The summed E-state index contributed by atoms with van der Waals surface area (Å²) in [6, 6.07) is 3.55. The lowest BCUT2D eigenvalue weighted by Gasteiger charge is -2.27. The summed E-state index contributed by atoms with van der Waals surface area (Å²) < 4.78 is 10.5. The Morgan fingerprint density at radius 2 is 1.96 bits per heavy atom. The number of likely N-dealkylation sites (tertiary alicyclic amines) is 1. The molecule has 0 unspecified atom stereocenters. The molecule has 0 aliphatic carbocycles. The minimum atomic E-state index is -0.202. The van der Waals surface area contributed by atoms with Crippen molar-refractivity contribution < 1.29 is 14.3 Å². The number of amidine groups is 1. The van der Waals surface area contributed by atoms with E-state index in [1.807, 2.05) is 0 Å². The second-order valence-electron chi connectivity index (χ2n) is 5.60. The Bertz CT molecular complexity index is 712. The number of aliphatic imine (C=N–C) groups is 1. The van der Waals surface area contributed by atoms with E-state index >= 15 is 0 Å². The van der Waals surface area contributed by atoms with Crippen LogP contribution in [0.25, 0.3) is 6.08 Å². The van der Waals surface area contributed by atoms with Crippen molar-refractivity contribution in [2.75, 3.05) is 27.3 Å². The zero-order chi connectivity index (χ0) is 17.1. The molecular formula is C17H19ClN2O3S. The van der Waals surface area contributed by atoms with E-state index in [0.717, 1.165) is 36.7 Å². The third-order valence-electron chi connectivity index (χ3n) is 3.99. The van der Waals surface area contributed by atoms with Gasteiger partial charge in [0.05, 0.1) is 24.1 Å². The standard InChI is InChI=1S/C17H19ClN2O3S/c1-22-13-9-11(8-12(18)15(13)23-2)10-14-16(21)19-17(24-14)20-6-4-3-5-7-20/h8-10H,3-7H2,1-2H3/b14-10-. The van der Waals surface area contributed by atoms with E-state index in [4.69, 9.17) is 21.1 Å². The molecule has 0 bridgehead atoms. The molecule has 5 nitrogen and oxygen atoms in total. The quantitative estimate of drug-likeness (QED) is 0.761. The monoisotopic (exact) mass is 366 g/mol. The number of hydrogen-bond acceptors (Lipinski definition) is 5. The summed E-state index contributed by atoms with van der Waals surface area (Å²) in [5, 5.41) is 1.24. The van der Waals surface area contributed by atoms with Crippen LogP contribution in [-0.4, -0.2) is 43.3 Å². The molecule has 7 heteroatoms. The van der Waals surface area contributed by atoms with E-state index in [-0.39, 0.29) is 5.91 Å². The molecule has 128 valence electrons. The number of thioether (sulfide) groups is 1. The number of amides is 1. The largest absolute Gasteiger partial charge is 0.493 e. The Hall–Kier alpha value is -1.66. The van der Waals surface area contributed by atoms with E-state index in [2.05, 4.69) is 9.89 Å². The van der Waals surface area contributed by atoms with E-state index < -0.39 is 0 Å². The molecule has 0 spiro atoms. The number of rotatable bonds is 3. The van der Waals surface area contributed by atoms with Crippen LogP contribution < -0.4 is 9.47 Å². The molecule has 0 saturated carbocycles. The van der Waals surface area contributed by atoms with Crippen molar-refractivity contribution >= 4 is 40.5 Å². The van der Waals surface area contributed by atoms with Crippen LogP contribution in [0.15, 0.2) is 22.0 Å². The number of carbonyl (C=O) groups excluding carboxylic acids is 1. The SMILES string of the molecule is COc1cc(/C=C2\SC(N3CCCCC3)=NC2=O)cc(Cl)c1OC. The third kappa shape index (κ3) is 3.54. The van der Waals surface area contributed by atoms with E-state index in [1.165, 1.54) is 25.3 Å². The Balaban J connectivity index is 1.82. The zero-order valence-electron chi connectivity index (χ0n) is 13.7. The van der Waals surface area contributed by atoms with Gasteiger partial charge in [-0.1, -0.05) is 11.6 Å². The number of benzene rings is 1. The van der Waals surface area contributed by atoms with Crippen LogP contribution in [0, 0.1) is 0 Å². The number of carbonyl (C=O) groups is 1. The molecule has 0 radical (unpaired) electrons. The first-order chi connectivity index (χ1) is 11.6. The highest BCUT2D eigenvalue weighted by molar-refractivity contribution is 8.18. The van der Waals surface area contributed by atoms with Gasteiger partial charge in [-0.15, -0.1) is 0 Å². The molecule has 0 aromatic heterocycles. The van der Waals surface area contributed by atoms with Gasteiger partial charge >= 0.3 is 0 Å². The van der Waals surface area contributed by atoms with Crippen molar-refractivity contribution in [3.05, 3.63) is 27.6 Å². The summed E-state index contributed by atoms with van der Waals surface area (Å²) in [5.41, 5.74) is 0.781. The van der Waals surface area contributed by atoms with Crippen molar-refractivity contribution in [3.8, 4) is 11.5 Å². The molecule has 2 aliphatic rings. The predicted molar refractivity (Wildman–Crippen MR) is 98.0 cm³/mol. The molecule has 24 heavy (non-hydrogen) atoms. The molecule has 3 rings (SSSR count). The summed E-state index contributed by atoms with van der Waals surface area (Å²) in [5.74, 6) is 0.813. The molecule has 1 fully saturated rings. The predicted octanol–water partition coefficient (Wildman–Crippen LogP) is 3.81. The summed E-state index contributed by atoms with van der Waals surface area (Å²) in [6.45, 7) is 1.93.